The SMILES string of the molecule is C#CC(=O)NCCc1ccnc(-c2cc(C)cc(C(=O)NNSc3ccccc3F)c2)c1. The molecule has 0 aliphatic carbocycles. The fourth-order valence-electron chi connectivity index (χ4n) is 2.95. The maximum absolute atomic E-state index is 13.7. The van der Waals surface area contributed by atoms with Gasteiger partial charge in [-0.2, -0.15) is 4.83 Å². The Morgan fingerprint density at radius 3 is 2.75 bits per heavy atom. The number of aryl methyl sites for hydroxylation is 1. The number of benzene rings is 2. The van der Waals surface area contributed by atoms with Gasteiger partial charge in [-0.15, -0.1) is 6.42 Å². The molecule has 0 unspecified atom stereocenters. The molecule has 1 heterocycles. The van der Waals surface area contributed by atoms with Crippen LogP contribution < -0.4 is 15.6 Å². The normalized spacial score (nSPS) is 10.3. The van der Waals surface area contributed by atoms with Crippen LogP contribution in [0.15, 0.2) is 65.7 Å². The third-order valence-corrected chi connectivity index (χ3v) is 5.21. The summed E-state index contributed by atoms with van der Waals surface area (Å²) in [4.78, 5) is 31.2. The Balaban J connectivity index is 1.68. The first-order valence-electron chi connectivity index (χ1n) is 9.74. The van der Waals surface area contributed by atoms with Crippen molar-refractivity contribution in [3.63, 3.8) is 0 Å². The predicted octanol–water partition coefficient (Wildman–Crippen LogP) is 3.43. The number of pyridine rings is 1. The molecule has 0 aliphatic heterocycles. The molecule has 0 saturated carbocycles. The quantitative estimate of drug-likeness (QED) is 0.279. The summed E-state index contributed by atoms with van der Waals surface area (Å²) in [7, 11) is 0. The number of nitrogens with one attached hydrogen (secondary N) is 3. The van der Waals surface area contributed by atoms with Gasteiger partial charge in [-0.05, 0) is 84.8 Å². The highest BCUT2D eigenvalue weighted by molar-refractivity contribution is 7.97. The highest BCUT2D eigenvalue weighted by Gasteiger charge is 2.11. The molecule has 0 radical (unpaired) electrons. The van der Waals surface area contributed by atoms with E-state index < -0.39 is 5.91 Å². The van der Waals surface area contributed by atoms with Crippen molar-refractivity contribution in [1.82, 2.24) is 20.6 Å². The Hall–Kier alpha value is -3.67. The monoisotopic (exact) mass is 448 g/mol. The number of amides is 2. The Morgan fingerprint density at radius 2 is 1.97 bits per heavy atom. The van der Waals surface area contributed by atoms with Gasteiger partial charge in [0.05, 0.1) is 10.6 Å². The van der Waals surface area contributed by atoms with Crippen LogP contribution >= 0.6 is 11.9 Å². The smallest absolute Gasteiger partial charge is 0.295 e. The van der Waals surface area contributed by atoms with Crippen LogP contribution in [-0.2, 0) is 11.2 Å². The number of carbonyl (C=O) groups excluding carboxylic acids is 2. The number of halogens is 1. The van der Waals surface area contributed by atoms with Crippen molar-refractivity contribution in [3.05, 3.63) is 83.3 Å². The third kappa shape index (κ3) is 6.41. The Labute approximate surface area is 190 Å². The minimum Gasteiger partial charge on any atom is -0.345 e. The van der Waals surface area contributed by atoms with Gasteiger partial charge in [0.25, 0.3) is 11.8 Å². The molecule has 3 N–H and O–H groups in total. The van der Waals surface area contributed by atoms with Gasteiger partial charge in [-0.1, -0.05) is 12.1 Å². The second-order valence-corrected chi connectivity index (χ2v) is 7.72. The molecule has 162 valence electrons. The Bertz CT molecular complexity index is 1180. The second kappa shape index (κ2) is 11.1. The zero-order valence-electron chi connectivity index (χ0n) is 17.3. The van der Waals surface area contributed by atoms with Crippen LogP contribution in [0.5, 0.6) is 0 Å². The van der Waals surface area contributed by atoms with Crippen LogP contribution in [0.4, 0.5) is 4.39 Å². The van der Waals surface area contributed by atoms with Crippen molar-refractivity contribution in [2.24, 2.45) is 0 Å². The van der Waals surface area contributed by atoms with Gasteiger partial charge in [0.1, 0.15) is 5.82 Å². The number of terminal acetylenes is 1. The van der Waals surface area contributed by atoms with Crippen molar-refractivity contribution in [2.75, 3.05) is 6.54 Å². The van der Waals surface area contributed by atoms with Crippen LogP contribution in [0, 0.1) is 25.1 Å². The van der Waals surface area contributed by atoms with E-state index in [0.29, 0.717) is 29.1 Å². The van der Waals surface area contributed by atoms with Gasteiger partial charge in [-0.25, -0.2) is 4.39 Å². The molecule has 2 amide bonds. The molecule has 1 aromatic heterocycles. The van der Waals surface area contributed by atoms with Crippen molar-refractivity contribution >= 4 is 23.8 Å². The topological polar surface area (TPSA) is 83.1 Å². The van der Waals surface area contributed by atoms with Gasteiger partial charge >= 0.3 is 0 Å². The fraction of sp³-hybridized carbons (Fsp3) is 0.125. The Morgan fingerprint density at radius 1 is 1.16 bits per heavy atom. The molecule has 6 nitrogen and oxygen atoms in total. The fourth-order valence-corrected chi connectivity index (χ4v) is 3.51. The van der Waals surface area contributed by atoms with E-state index in [2.05, 4.69) is 20.6 Å². The summed E-state index contributed by atoms with van der Waals surface area (Å²) in [6.07, 6.45) is 7.32. The molecular weight excluding hydrogens is 427 g/mol. The minimum absolute atomic E-state index is 0.355. The van der Waals surface area contributed by atoms with E-state index in [0.717, 1.165) is 28.6 Å². The third-order valence-electron chi connectivity index (χ3n) is 4.45. The molecule has 8 heteroatoms. The molecule has 3 rings (SSSR count). The lowest BCUT2D eigenvalue weighted by atomic mass is 10.0. The highest BCUT2D eigenvalue weighted by atomic mass is 32.2. The van der Waals surface area contributed by atoms with Gasteiger partial charge < -0.3 is 5.32 Å². The average Bonchev–Trinajstić information content (AvgIpc) is 2.80. The molecule has 0 spiro atoms. The van der Waals surface area contributed by atoms with Crippen molar-refractivity contribution in [2.45, 2.75) is 18.2 Å². The lowest BCUT2D eigenvalue weighted by Gasteiger charge is -2.10. The zero-order chi connectivity index (χ0) is 22.9. The van der Waals surface area contributed by atoms with Crippen LogP contribution in [0.1, 0.15) is 21.5 Å². The van der Waals surface area contributed by atoms with E-state index in [1.54, 1.807) is 36.5 Å². The molecule has 0 atom stereocenters. The number of hydrogen-bond acceptors (Lipinski definition) is 5. The Kier molecular flexibility index (Phi) is 7.97. The van der Waals surface area contributed by atoms with E-state index in [4.69, 9.17) is 6.42 Å². The summed E-state index contributed by atoms with van der Waals surface area (Å²) >= 11 is 0.976. The van der Waals surface area contributed by atoms with Crippen LogP contribution in [0.3, 0.4) is 0 Å². The van der Waals surface area contributed by atoms with Crippen LogP contribution in [0.25, 0.3) is 11.3 Å². The van der Waals surface area contributed by atoms with Crippen molar-refractivity contribution in [1.29, 1.82) is 0 Å². The average molecular weight is 449 g/mol. The molecule has 2 aromatic carbocycles. The van der Waals surface area contributed by atoms with E-state index in [-0.39, 0.29) is 11.7 Å². The number of aromatic nitrogens is 1. The lowest BCUT2D eigenvalue weighted by molar-refractivity contribution is -0.115. The molecule has 0 aliphatic rings. The number of rotatable bonds is 8. The van der Waals surface area contributed by atoms with E-state index in [1.165, 1.54) is 6.07 Å². The lowest BCUT2D eigenvalue weighted by Crippen LogP contribution is -2.32. The first kappa shape index (κ1) is 23.0. The number of nitrogens with zero attached hydrogens (tertiary/aromatic N) is 1. The molecule has 3 aromatic rings. The summed E-state index contributed by atoms with van der Waals surface area (Å²) in [6.45, 7) is 2.31. The minimum atomic E-state index is -0.449. The van der Waals surface area contributed by atoms with E-state index in [1.807, 2.05) is 31.0 Å². The zero-order valence-corrected chi connectivity index (χ0v) is 18.1. The van der Waals surface area contributed by atoms with Gasteiger partial charge in [0.2, 0.25) is 0 Å². The standard InChI is InChI=1S/C24H21FN4O2S/c1-3-23(30)27-11-9-17-8-10-26-21(14-17)18-12-16(2)13-19(15-18)24(31)28-29-32-22-7-5-4-6-20(22)25/h1,4-8,10,12-15,29H,9,11H2,2H3,(H,27,30)(H,28,31). The first-order valence-corrected chi connectivity index (χ1v) is 10.6. The molecule has 0 bridgehead atoms. The maximum atomic E-state index is 13.7. The summed E-state index contributed by atoms with van der Waals surface area (Å²) in [6, 6.07) is 15.5. The van der Waals surface area contributed by atoms with Crippen LogP contribution in [-0.4, -0.2) is 23.3 Å². The number of hydrazine groups is 1. The maximum Gasteiger partial charge on any atom is 0.295 e. The number of carbonyl (C=O) groups is 2. The second-order valence-electron chi connectivity index (χ2n) is 6.88. The van der Waals surface area contributed by atoms with Crippen LogP contribution in [0.2, 0.25) is 0 Å². The molecule has 0 fully saturated rings. The van der Waals surface area contributed by atoms with E-state index >= 15 is 0 Å². The van der Waals surface area contributed by atoms with Gasteiger partial charge in [0, 0.05) is 23.9 Å². The summed E-state index contributed by atoms with van der Waals surface area (Å²) in [5.41, 5.74) is 6.36. The highest BCUT2D eigenvalue weighted by Crippen LogP contribution is 2.22. The van der Waals surface area contributed by atoms with Gasteiger partial charge in [-0.3, -0.25) is 20.0 Å². The van der Waals surface area contributed by atoms with Gasteiger partial charge in [0.15, 0.2) is 0 Å². The predicted molar refractivity (Wildman–Crippen MR) is 123 cm³/mol. The molecule has 32 heavy (non-hydrogen) atoms. The molecular formula is C24H21FN4O2S. The summed E-state index contributed by atoms with van der Waals surface area (Å²) < 4.78 is 13.7. The van der Waals surface area contributed by atoms with Crippen molar-refractivity contribution < 1.29 is 14.0 Å². The summed E-state index contributed by atoms with van der Waals surface area (Å²) in [5, 5.41) is 2.63. The van der Waals surface area contributed by atoms with E-state index in [9.17, 15) is 14.0 Å². The molecule has 0 saturated heterocycles. The largest absolute Gasteiger partial charge is 0.345 e. The summed E-state index contributed by atoms with van der Waals surface area (Å²) in [5.74, 6) is 0.836. The van der Waals surface area contributed by atoms with Crippen molar-refractivity contribution in [3.8, 4) is 23.6 Å². The number of hydrogen-bond donors (Lipinski definition) is 3. The first-order chi connectivity index (χ1) is 15.5.